The molecule has 0 N–H and O–H groups in total. The van der Waals surface area contributed by atoms with Crippen LogP contribution in [-0.4, -0.2) is 23.3 Å². The second kappa shape index (κ2) is 6.83. The van der Waals surface area contributed by atoms with E-state index in [2.05, 4.69) is 0 Å². The van der Waals surface area contributed by atoms with Crippen LogP contribution < -0.4 is 0 Å². The largest absolute Gasteiger partial charge is 0.462 e. The topological polar surface area (TPSA) is 86.5 Å². The number of hydrogen-bond donors (Lipinski definition) is 0. The Labute approximate surface area is 132 Å². The minimum Gasteiger partial charge on any atom is -0.462 e. The Kier molecular flexibility index (Phi) is 4.85. The molecule has 23 heavy (non-hydrogen) atoms. The lowest BCUT2D eigenvalue weighted by Gasteiger charge is -2.08. The van der Waals surface area contributed by atoms with Crippen LogP contribution in [0.1, 0.15) is 38.8 Å². The molecule has 0 saturated heterocycles. The molecule has 0 aromatic heterocycles. The van der Waals surface area contributed by atoms with Crippen molar-refractivity contribution < 1.29 is 19.2 Å². The molecule has 0 aliphatic heterocycles. The number of nitro groups is 1. The molecule has 0 spiro atoms. The summed E-state index contributed by atoms with van der Waals surface area (Å²) in [7, 11) is 0. The number of benzene rings is 2. The fourth-order valence-electron chi connectivity index (χ4n) is 2.08. The molecule has 0 heterocycles. The maximum absolute atomic E-state index is 12.6. The molecule has 0 radical (unpaired) electrons. The van der Waals surface area contributed by atoms with E-state index < -0.39 is 10.9 Å². The first-order valence-corrected chi connectivity index (χ1v) is 7.01. The summed E-state index contributed by atoms with van der Waals surface area (Å²) in [6.07, 6.45) is 0. The summed E-state index contributed by atoms with van der Waals surface area (Å²) >= 11 is 0. The highest BCUT2D eigenvalue weighted by molar-refractivity contribution is 6.14. The normalized spacial score (nSPS) is 10.2. The van der Waals surface area contributed by atoms with Gasteiger partial charge in [0.15, 0.2) is 5.78 Å². The second-order valence-electron chi connectivity index (χ2n) is 4.90. The molecule has 2 rings (SSSR count). The summed E-state index contributed by atoms with van der Waals surface area (Å²) in [5.74, 6) is -1.14. The molecule has 0 aliphatic carbocycles. The minimum absolute atomic E-state index is 0.0814. The van der Waals surface area contributed by atoms with Gasteiger partial charge in [-0.15, -0.1) is 0 Å². The van der Waals surface area contributed by atoms with Crippen LogP contribution in [0.15, 0.2) is 42.5 Å². The maximum Gasteiger partial charge on any atom is 0.339 e. The fraction of sp³-hybridized carbons (Fsp3) is 0.176. The molecular formula is C17H15NO5. The highest BCUT2D eigenvalue weighted by atomic mass is 16.6. The number of ketones is 1. The van der Waals surface area contributed by atoms with E-state index in [0.717, 1.165) is 11.6 Å². The molecule has 0 aliphatic rings. The van der Waals surface area contributed by atoms with Crippen molar-refractivity contribution in [1.82, 2.24) is 0 Å². The van der Waals surface area contributed by atoms with E-state index in [0.29, 0.717) is 5.56 Å². The number of non-ortho nitro benzene ring substituents is 1. The summed E-state index contributed by atoms with van der Waals surface area (Å²) in [5, 5.41) is 10.9. The van der Waals surface area contributed by atoms with Gasteiger partial charge in [-0.25, -0.2) is 4.79 Å². The lowest BCUT2D eigenvalue weighted by molar-refractivity contribution is -0.384. The van der Waals surface area contributed by atoms with Gasteiger partial charge in [-0.3, -0.25) is 14.9 Å². The highest BCUT2D eigenvalue weighted by Crippen LogP contribution is 2.22. The number of hydrogen-bond acceptors (Lipinski definition) is 5. The van der Waals surface area contributed by atoms with E-state index in [1.807, 2.05) is 6.92 Å². The average molecular weight is 313 g/mol. The average Bonchev–Trinajstić information content (AvgIpc) is 2.54. The summed E-state index contributed by atoms with van der Waals surface area (Å²) < 4.78 is 4.89. The third kappa shape index (κ3) is 3.60. The SMILES string of the molecule is CCOC(=O)c1cc([N+](=O)[O-])ccc1C(=O)c1ccc(C)cc1. The van der Waals surface area contributed by atoms with E-state index in [1.165, 1.54) is 12.1 Å². The standard InChI is InChI=1S/C17H15NO5/c1-3-23-17(20)15-10-13(18(21)22)8-9-14(15)16(19)12-6-4-11(2)5-7-12/h4-10H,3H2,1-2H3. The Morgan fingerprint density at radius 1 is 1.09 bits per heavy atom. The van der Waals surface area contributed by atoms with Crippen LogP contribution in [0, 0.1) is 17.0 Å². The van der Waals surface area contributed by atoms with Gasteiger partial charge in [0, 0.05) is 23.3 Å². The first-order valence-electron chi connectivity index (χ1n) is 7.01. The third-order valence-electron chi connectivity index (χ3n) is 3.27. The van der Waals surface area contributed by atoms with Crippen molar-refractivity contribution in [3.63, 3.8) is 0 Å². The maximum atomic E-state index is 12.6. The Hall–Kier alpha value is -3.02. The third-order valence-corrected chi connectivity index (χ3v) is 3.27. The Morgan fingerprint density at radius 3 is 2.30 bits per heavy atom. The number of aryl methyl sites for hydroxylation is 1. The van der Waals surface area contributed by atoms with E-state index in [-0.39, 0.29) is 29.2 Å². The van der Waals surface area contributed by atoms with Gasteiger partial charge < -0.3 is 4.74 Å². The fourth-order valence-corrected chi connectivity index (χ4v) is 2.08. The zero-order valence-electron chi connectivity index (χ0n) is 12.7. The predicted molar refractivity (Wildman–Crippen MR) is 83.7 cm³/mol. The summed E-state index contributed by atoms with van der Waals surface area (Å²) in [6, 6.07) is 10.4. The number of rotatable bonds is 5. The second-order valence-corrected chi connectivity index (χ2v) is 4.90. The highest BCUT2D eigenvalue weighted by Gasteiger charge is 2.22. The van der Waals surface area contributed by atoms with Crippen LogP contribution in [0.25, 0.3) is 0 Å². The number of ether oxygens (including phenoxy) is 1. The minimum atomic E-state index is -0.758. The Balaban J connectivity index is 2.51. The Morgan fingerprint density at radius 2 is 1.74 bits per heavy atom. The zero-order valence-corrected chi connectivity index (χ0v) is 12.7. The van der Waals surface area contributed by atoms with Crippen LogP contribution >= 0.6 is 0 Å². The molecule has 0 fully saturated rings. The summed E-state index contributed by atoms with van der Waals surface area (Å²) in [6.45, 7) is 3.63. The van der Waals surface area contributed by atoms with Crippen molar-refractivity contribution in [2.24, 2.45) is 0 Å². The lowest BCUT2D eigenvalue weighted by Crippen LogP contribution is -2.13. The van der Waals surface area contributed by atoms with E-state index >= 15 is 0 Å². The molecule has 2 aromatic carbocycles. The van der Waals surface area contributed by atoms with Gasteiger partial charge in [-0.1, -0.05) is 29.8 Å². The van der Waals surface area contributed by atoms with Crippen molar-refractivity contribution in [3.05, 3.63) is 74.8 Å². The van der Waals surface area contributed by atoms with Crippen LogP contribution in [0.4, 0.5) is 5.69 Å². The molecule has 0 bridgehead atoms. The van der Waals surface area contributed by atoms with E-state index in [1.54, 1.807) is 31.2 Å². The van der Waals surface area contributed by atoms with E-state index in [9.17, 15) is 19.7 Å². The van der Waals surface area contributed by atoms with Crippen molar-refractivity contribution in [3.8, 4) is 0 Å². The van der Waals surface area contributed by atoms with Gasteiger partial charge in [-0.2, -0.15) is 0 Å². The molecule has 6 nitrogen and oxygen atoms in total. The molecule has 6 heteroatoms. The number of nitro benzene ring substituents is 1. The van der Waals surface area contributed by atoms with Gasteiger partial charge in [0.05, 0.1) is 17.1 Å². The van der Waals surface area contributed by atoms with E-state index in [4.69, 9.17) is 4.74 Å². The summed E-state index contributed by atoms with van der Waals surface area (Å²) in [5.41, 5.74) is 1.10. The molecule has 2 aromatic rings. The van der Waals surface area contributed by atoms with Crippen molar-refractivity contribution in [2.45, 2.75) is 13.8 Å². The van der Waals surface area contributed by atoms with Gasteiger partial charge in [0.2, 0.25) is 0 Å². The number of carbonyl (C=O) groups excluding carboxylic acids is 2. The molecule has 0 amide bonds. The molecule has 0 atom stereocenters. The zero-order chi connectivity index (χ0) is 17.0. The lowest BCUT2D eigenvalue weighted by atomic mass is 9.97. The molecule has 0 saturated carbocycles. The van der Waals surface area contributed by atoms with Crippen LogP contribution in [0.2, 0.25) is 0 Å². The van der Waals surface area contributed by atoms with Gasteiger partial charge in [0.1, 0.15) is 0 Å². The number of carbonyl (C=O) groups is 2. The van der Waals surface area contributed by atoms with Crippen LogP contribution in [0.5, 0.6) is 0 Å². The Bertz CT molecular complexity index is 765. The monoisotopic (exact) mass is 313 g/mol. The smallest absolute Gasteiger partial charge is 0.339 e. The van der Waals surface area contributed by atoms with Crippen LogP contribution in [0.3, 0.4) is 0 Å². The van der Waals surface area contributed by atoms with Gasteiger partial charge in [0.25, 0.3) is 5.69 Å². The first-order chi connectivity index (χ1) is 10.9. The van der Waals surface area contributed by atoms with Crippen molar-refractivity contribution >= 4 is 17.4 Å². The van der Waals surface area contributed by atoms with Crippen LogP contribution in [-0.2, 0) is 4.74 Å². The number of nitrogens with zero attached hydrogens (tertiary/aromatic N) is 1. The van der Waals surface area contributed by atoms with Crippen molar-refractivity contribution in [2.75, 3.05) is 6.61 Å². The van der Waals surface area contributed by atoms with Crippen molar-refractivity contribution in [1.29, 1.82) is 0 Å². The molecule has 118 valence electrons. The summed E-state index contributed by atoms with van der Waals surface area (Å²) in [4.78, 5) is 34.9. The van der Waals surface area contributed by atoms with Gasteiger partial charge >= 0.3 is 5.97 Å². The van der Waals surface area contributed by atoms with Gasteiger partial charge in [-0.05, 0) is 19.9 Å². The molecule has 0 unspecified atom stereocenters. The first kappa shape index (κ1) is 16.4. The predicted octanol–water partition coefficient (Wildman–Crippen LogP) is 3.31. The molecular weight excluding hydrogens is 298 g/mol. The number of esters is 1. The quantitative estimate of drug-likeness (QED) is 0.366.